The van der Waals surface area contributed by atoms with Crippen molar-refractivity contribution in [2.75, 3.05) is 28.2 Å². The molecule has 0 radical (unpaired) electrons. The van der Waals surface area contributed by atoms with Crippen molar-refractivity contribution in [1.82, 2.24) is 4.90 Å². The average Bonchev–Trinajstić information content (AvgIpc) is 2.94. The van der Waals surface area contributed by atoms with E-state index in [1.807, 2.05) is 63.2 Å². The zero-order chi connectivity index (χ0) is 22.2. The first-order valence-electron chi connectivity index (χ1n) is 10.6. The Bertz CT molecular complexity index is 1050. The third-order valence-electron chi connectivity index (χ3n) is 5.46. The zero-order valence-electron chi connectivity index (χ0n) is 18.2. The minimum absolute atomic E-state index is 0.0276. The van der Waals surface area contributed by atoms with Crippen molar-refractivity contribution in [1.29, 1.82) is 0 Å². The number of para-hydroxylation sites is 3. The average molecular weight is 444 g/mol. The van der Waals surface area contributed by atoms with Gasteiger partial charge in [0.15, 0.2) is 0 Å². The first-order chi connectivity index (χ1) is 14.7. The number of nitrogens with zero attached hydrogens (tertiary/aromatic N) is 3. The van der Waals surface area contributed by atoms with Gasteiger partial charge in [0.2, 0.25) is 0 Å². The maximum atomic E-state index is 13.6. The molecule has 1 amide bonds. The molecule has 2 aliphatic rings. The Kier molecular flexibility index (Phi) is 5.60. The summed E-state index contributed by atoms with van der Waals surface area (Å²) in [5, 5.41) is 0. The van der Waals surface area contributed by atoms with E-state index >= 15 is 0 Å². The largest absolute Gasteiger partial charge is 0.444 e. The molecule has 1 atom stereocenters. The van der Waals surface area contributed by atoms with E-state index in [9.17, 15) is 13.2 Å². The third-order valence-corrected chi connectivity index (χ3v) is 7.24. The molecule has 31 heavy (non-hydrogen) atoms. The van der Waals surface area contributed by atoms with Gasteiger partial charge < -0.3 is 9.64 Å². The van der Waals surface area contributed by atoms with E-state index < -0.39 is 15.8 Å². The number of piperidine rings is 1. The molecule has 0 saturated carbocycles. The molecule has 4 rings (SSSR count). The van der Waals surface area contributed by atoms with Crippen LogP contribution in [-0.2, 0) is 14.9 Å². The van der Waals surface area contributed by atoms with Crippen LogP contribution in [0.4, 0.5) is 21.9 Å². The van der Waals surface area contributed by atoms with E-state index in [0.29, 0.717) is 36.7 Å². The van der Waals surface area contributed by atoms with E-state index in [2.05, 4.69) is 0 Å². The zero-order valence-corrected chi connectivity index (χ0v) is 19.0. The third kappa shape index (κ3) is 4.35. The van der Waals surface area contributed by atoms with Crippen molar-refractivity contribution < 1.29 is 17.9 Å². The fraction of sp³-hybridized carbons (Fsp3) is 0.435. The number of hydrogen-bond donors (Lipinski definition) is 0. The summed E-state index contributed by atoms with van der Waals surface area (Å²) in [7, 11) is -3.77. The number of benzene rings is 2. The topological polar surface area (TPSA) is 70.2 Å². The van der Waals surface area contributed by atoms with Crippen LogP contribution in [0.5, 0.6) is 0 Å². The number of hydrogen-bond acceptors (Lipinski definition) is 4. The lowest BCUT2D eigenvalue weighted by molar-refractivity contribution is 0.0171. The Hall–Kier alpha value is -2.74. The van der Waals surface area contributed by atoms with Gasteiger partial charge in [0.05, 0.1) is 17.1 Å². The van der Waals surface area contributed by atoms with Crippen molar-refractivity contribution in [2.45, 2.75) is 39.2 Å². The van der Waals surface area contributed by atoms with E-state index in [1.54, 1.807) is 17.0 Å². The first kappa shape index (κ1) is 21.5. The molecule has 1 saturated heterocycles. The molecule has 0 aromatic heterocycles. The van der Waals surface area contributed by atoms with Gasteiger partial charge in [0.25, 0.3) is 0 Å². The maximum absolute atomic E-state index is 13.6. The summed E-state index contributed by atoms with van der Waals surface area (Å²) in [6, 6.07) is 16.5. The summed E-state index contributed by atoms with van der Waals surface area (Å²) in [5.41, 5.74) is 1.36. The van der Waals surface area contributed by atoms with Crippen LogP contribution in [0.1, 0.15) is 33.6 Å². The number of anilines is 3. The monoisotopic (exact) mass is 443 g/mol. The van der Waals surface area contributed by atoms with Gasteiger partial charge >= 0.3 is 16.3 Å². The molecule has 0 aliphatic carbocycles. The van der Waals surface area contributed by atoms with Crippen LogP contribution in [0, 0.1) is 5.92 Å². The van der Waals surface area contributed by atoms with Crippen LogP contribution < -0.4 is 8.61 Å². The molecule has 2 aromatic rings. The number of carbonyl (C=O) groups excluding carboxylic acids is 1. The SMILES string of the molecule is CC(C)(C)OC(=O)N1CCCC(CN2c3ccccc3N(c3ccccc3)S2(=O)=O)C1. The fourth-order valence-electron chi connectivity index (χ4n) is 4.16. The minimum Gasteiger partial charge on any atom is -0.444 e. The van der Waals surface area contributed by atoms with Gasteiger partial charge in [-0.1, -0.05) is 30.3 Å². The van der Waals surface area contributed by atoms with Crippen LogP contribution in [0.25, 0.3) is 0 Å². The number of fused-ring (bicyclic) bond motifs is 1. The molecule has 0 spiro atoms. The van der Waals surface area contributed by atoms with Gasteiger partial charge in [0, 0.05) is 19.6 Å². The van der Waals surface area contributed by atoms with Gasteiger partial charge in [-0.05, 0) is 63.8 Å². The second kappa shape index (κ2) is 8.07. The smallest absolute Gasteiger partial charge is 0.410 e. The Morgan fingerprint density at radius 1 is 1.03 bits per heavy atom. The predicted octanol–water partition coefficient (Wildman–Crippen LogP) is 4.54. The Morgan fingerprint density at radius 2 is 1.68 bits per heavy atom. The summed E-state index contributed by atoms with van der Waals surface area (Å²) in [4.78, 5) is 14.2. The van der Waals surface area contributed by atoms with E-state index in [-0.39, 0.29) is 12.0 Å². The van der Waals surface area contributed by atoms with E-state index in [0.717, 1.165) is 12.8 Å². The first-order valence-corrected chi connectivity index (χ1v) is 12.0. The normalized spacial score (nSPS) is 20.5. The Balaban J connectivity index is 1.58. The number of carbonyl (C=O) groups is 1. The summed E-state index contributed by atoms with van der Waals surface area (Å²) >= 11 is 0. The number of rotatable bonds is 3. The summed E-state index contributed by atoms with van der Waals surface area (Å²) in [5.74, 6) is 0.0276. The number of amides is 1. The molecular formula is C23H29N3O4S. The van der Waals surface area contributed by atoms with Gasteiger partial charge in [-0.2, -0.15) is 8.42 Å². The van der Waals surface area contributed by atoms with Crippen molar-refractivity contribution in [3.8, 4) is 0 Å². The standard InChI is InChI=1S/C23H29N3O4S/c1-23(2,3)30-22(27)24-15-9-10-18(16-24)17-25-20-13-7-8-14-21(20)26(31(25,28)29)19-11-5-4-6-12-19/h4-8,11-14,18H,9-10,15-17H2,1-3H3. The highest BCUT2D eigenvalue weighted by Gasteiger charge is 2.42. The molecule has 2 aromatic carbocycles. The van der Waals surface area contributed by atoms with Crippen LogP contribution in [0.3, 0.4) is 0 Å². The summed E-state index contributed by atoms with van der Waals surface area (Å²) < 4.78 is 35.5. The van der Waals surface area contributed by atoms with Crippen molar-refractivity contribution >= 4 is 33.4 Å². The molecular weight excluding hydrogens is 414 g/mol. The van der Waals surface area contributed by atoms with E-state index in [1.165, 1.54) is 8.61 Å². The Morgan fingerprint density at radius 3 is 2.35 bits per heavy atom. The minimum atomic E-state index is -3.77. The second-order valence-electron chi connectivity index (χ2n) is 9.06. The highest BCUT2D eigenvalue weighted by Crippen LogP contribution is 2.45. The highest BCUT2D eigenvalue weighted by molar-refractivity contribution is 7.95. The molecule has 0 N–H and O–H groups in total. The Labute approximate surface area is 184 Å². The fourth-order valence-corrected chi connectivity index (χ4v) is 5.95. The second-order valence-corrected chi connectivity index (χ2v) is 10.8. The maximum Gasteiger partial charge on any atom is 0.410 e. The molecule has 7 nitrogen and oxygen atoms in total. The highest BCUT2D eigenvalue weighted by atomic mass is 32.2. The number of ether oxygens (including phenoxy) is 1. The molecule has 1 unspecified atom stereocenters. The van der Waals surface area contributed by atoms with Gasteiger partial charge in [0.1, 0.15) is 5.60 Å². The van der Waals surface area contributed by atoms with Gasteiger partial charge in [-0.15, -0.1) is 0 Å². The molecule has 1 fully saturated rings. The van der Waals surface area contributed by atoms with Crippen LogP contribution >= 0.6 is 0 Å². The summed E-state index contributed by atoms with van der Waals surface area (Å²) in [6.45, 7) is 6.97. The van der Waals surface area contributed by atoms with E-state index in [4.69, 9.17) is 4.74 Å². The molecule has 2 aliphatic heterocycles. The molecule has 0 bridgehead atoms. The predicted molar refractivity (Wildman–Crippen MR) is 122 cm³/mol. The van der Waals surface area contributed by atoms with Crippen molar-refractivity contribution in [2.24, 2.45) is 5.92 Å². The number of likely N-dealkylation sites (tertiary alicyclic amines) is 1. The van der Waals surface area contributed by atoms with Gasteiger partial charge in [-0.25, -0.2) is 9.10 Å². The lowest BCUT2D eigenvalue weighted by Gasteiger charge is -2.35. The quantitative estimate of drug-likeness (QED) is 0.699. The van der Waals surface area contributed by atoms with Crippen LogP contribution in [-0.4, -0.2) is 44.6 Å². The van der Waals surface area contributed by atoms with Gasteiger partial charge in [-0.3, -0.25) is 4.31 Å². The van der Waals surface area contributed by atoms with Crippen molar-refractivity contribution in [3.63, 3.8) is 0 Å². The molecule has 8 heteroatoms. The molecule has 2 heterocycles. The van der Waals surface area contributed by atoms with Crippen LogP contribution in [0.15, 0.2) is 54.6 Å². The summed E-state index contributed by atoms with van der Waals surface area (Å²) in [6.07, 6.45) is 1.34. The lowest BCUT2D eigenvalue weighted by atomic mass is 9.98. The lowest BCUT2D eigenvalue weighted by Crippen LogP contribution is -2.47. The van der Waals surface area contributed by atoms with Crippen LogP contribution in [0.2, 0.25) is 0 Å². The molecule has 166 valence electrons. The van der Waals surface area contributed by atoms with Crippen molar-refractivity contribution in [3.05, 3.63) is 54.6 Å².